The van der Waals surface area contributed by atoms with Gasteiger partial charge in [-0.2, -0.15) is 0 Å². The van der Waals surface area contributed by atoms with Crippen LogP contribution in [0.5, 0.6) is 0 Å². The van der Waals surface area contributed by atoms with E-state index in [1.54, 1.807) is 0 Å². The second-order valence-corrected chi connectivity index (χ2v) is 3.90. The monoisotopic (exact) mass is 252 g/mol. The molecule has 0 saturated heterocycles. The average molecular weight is 252 g/mol. The number of carbonyl (C=O) groups is 1. The first-order valence-corrected chi connectivity index (χ1v) is 6.05. The van der Waals surface area contributed by atoms with Crippen molar-refractivity contribution in [3.8, 4) is 0 Å². The molecule has 0 aliphatic rings. The number of aliphatic hydroxyl groups excluding tert-OH is 1. The molecule has 1 unspecified atom stereocenters. The number of benzene rings is 1. The maximum absolute atomic E-state index is 11.3. The molecule has 5 nitrogen and oxygen atoms in total. The zero-order valence-electron chi connectivity index (χ0n) is 10.6. The first kappa shape index (κ1) is 14.5. The van der Waals surface area contributed by atoms with Gasteiger partial charge in [0.25, 0.3) is 0 Å². The van der Waals surface area contributed by atoms with Crippen LogP contribution in [0.4, 0.5) is 4.79 Å². The lowest BCUT2D eigenvalue weighted by atomic mass is 10.2. The Hall–Kier alpha value is -1.59. The molecule has 5 heteroatoms. The van der Waals surface area contributed by atoms with Gasteiger partial charge in [0.2, 0.25) is 0 Å². The van der Waals surface area contributed by atoms with Crippen LogP contribution in [0, 0.1) is 0 Å². The van der Waals surface area contributed by atoms with E-state index < -0.39 is 12.2 Å². The van der Waals surface area contributed by atoms with E-state index in [-0.39, 0.29) is 13.2 Å². The summed E-state index contributed by atoms with van der Waals surface area (Å²) in [5, 5.41) is 15.0. The highest BCUT2D eigenvalue weighted by molar-refractivity contribution is 5.67. The zero-order valence-corrected chi connectivity index (χ0v) is 10.6. The Balaban J connectivity index is 2.14. The van der Waals surface area contributed by atoms with Crippen LogP contribution in [0.25, 0.3) is 0 Å². The van der Waals surface area contributed by atoms with Crippen molar-refractivity contribution in [2.75, 3.05) is 19.6 Å². The summed E-state index contributed by atoms with van der Waals surface area (Å²) in [6.45, 7) is 3.61. The lowest BCUT2D eigenvalue weighted by molar-refractivity contribution is 0.125. The lowest BCUT2D eigenvalue weighted by Crippen LogP contribution is -2.38. The van der Waals surface area contributed by atoms with Crippen molar-refractivity contribution in [2.45, 2.75) is 19.6 Å². The fraction of sp³-hybridized carbons (Fsp3) is 0.462. The predicted octanol–water partition coefficient (Wildman–Crippen LogP) is 0.883. The van der Waals surface area contributed by atoms with Gasteiger partial charge in [-0.1, -0.05) is 37.3 Å². The van der Waals surface area contributed by atoms with E-state index in [1.807, 2.05) is 37.3 Å². The molecule has 1 atom stereocenters. The smallest absolute Gasteiger partial charge is 0.407 e. The van der Waals surface area contributed by atoms with Crippen LogP contribution in [0.1, 0.15) is 12.5 Å². The largest absolute Gasteiger partial charge is 0.445 e. The Kier molecular flexibility index (Phi) is 6.83. The van der Waals surface area contributed by atoms with Gasteiger partial charge in [0.15, 0.2) is 0 Å². The van der Waals surface area contributed by atoms with Crippen molar-refractivity contribution >= 4 is 6.09 Å². The van der Waals surface area contributed by atoms with Gasteiger partial charge in [-0.25, -0.2) is 4.79 Å². The van der Waals surface area contributed by atoms with Gasteiger partial charge in [-0.3, -0.25) is 0 Å². The molecule has 0 radical (unpaired) electrons. The molecule has 0 aromatic heterocycles. The fourth-order valence-electron chi connectivity index (χ4n) is 1.36. The van der Waals surface area contributed by atoms with E-state index >= 15 is 0 Å². The van der Waals surface area contributed by atoms with Gasteiger partial charge in [0.05, 0.1) is 6.10 Å². The molecule has 1 amide bonds. The Morgan fingerprint density at radius 2 is 2.06 bits per heavy atom. The first-order valence-electron chi connectivity index (χ1n) is 6.05. The van der Waals surface area contributed by atoms with E-state index in [0.29, 0.717) is 6.54 Å². The molecule has 1 aromatic rings. The third-order valence-corrected chi connectivity index (χ3v) is 2.32. The van der Waals surface area contributed by atoms with Gasteiger partial charge in [-0.05, 0) is 12.1 Å². The highest BCUT2D eigenvalue weighted by Crippen LogP contribution is 2.00. The molecule has 0 spiro atoms. The third-order valence-electron chi connectivity index (χ3n) is 2.32. The van der Waals surface area contributed by atoms with Crippen LogP contribution in [0.15, 0.2) is 30.3 Å². The number of nitrogens with one attached hydrogen (secondary N) is 2. The summed E-state index contributed by atoms with van der Waals surface area (Å²) >= 11 is 0. The number of rotatable bonds is 7. The minimum absolute atomic E-state index is 0.181. The summed E-state index contributed by atoms with van der Waals surface area (Å²) < 4.78 is 5.00. The van der Waals surface area contributed by atoms with Crippen molar-refractivity contribution < 1.29 is 14.6 Å². The van der Waals surface area contributed by atoms with Crippen molar-refractivity contribution in [2.24, 2.45) is 0 Å². The summed E-state index contributed by atoms with van der Waals surface area (Å²) in [7, 11) is 0. The van der Waals surface area contributed by atoms with Gasteiger partial charge in [0.1, 0.15) is 6.61 Å². The van der Waals surface area contributed by atoms with E-state index in [4.69, 9.17) is 4.74 Å². The molecule has 0 bridgehead atoms. The summed E-state index contributed by atoms with van der Waals surface area (Å²) in [6, 6.07) is 9.44. The Morgan fingerprint density at radius 3 is 2.72 bits per heavy atom. The van der Waals surface area contributed by atoms with Crippen molar-refractivity contribution in [1.82, 2.24) is 10.6 Å². The number of hydrogen-bond acceptors (Lipinski definition) is 4. The number of aliphatic hydroxyl groups is 1. The van der Waals surface area contributed by atoms with Gasteiger partial charge >= 0.3 is 6.09 Å². The molecule has 0 aliphatic carbocycles. The number of hydrogen-bond donors (Lipinski definition) is 3. The average Bonchev–Trinajstić information content (AvgIpc) is 2.41. The standard InChI is InChI=1S/C13H20N2O3/c1-2-14-8-12(16)9-15-13(17)18-10-11-6-4-3-5-7-11/h3-7,12,14,16H,2,8-10H2,1H3,(H,15,17). The highest BCUT2D eigenvalue weighted by Gasteiger charge is 2.07. The van der Waals surface area contributed by atoms with Gasteiger partial charge in [-0.15, -0.1) is 0 Å². The van der Waals surface area contributed by atoms with Crippen molar-refractivity contribution in [1.29, 1.82) is 0 Å². The van der Waals surface area contributed by atoms with Crippen LogP contribution in [-0.2, 0) is 11.3 Å². The molecule has 0 heterocycles. The van der Waals surface area contributed by atoms with E-state index in [0.717, 1.165) is 12.1 Å². The van der Waals surface area contributed by atoms with Crippen molar-refractivity contribution in [3.63, 3.8) is 0 Å². The molecule has 18 heavy (non-hydrogen) atoms. The molecule has 1 aromatic carbocycles. The summed E-state index contributed by atoms with van der Waals surface area (Å²) in [5.41, 5.74) is 0.931. The summed E-state index contributed by atoms with van der Waals surface area (Å²) in [4.78, 5) is 11.3. The molecule has 0 saturated carbocycles. The van der Waals surface area contributed by atoms with E-state index in [9.17, 15) is 9.90 Å². The maximum atomic E-state index is 11.3. The minimum Gasteiger partial charge on any atom is -0.445 e. The van der Waals surface area contributed by atoms with Crippen LogP contribution in [0.3, 0.4) is 0 Å². The molecule has 0 aliphatic heterocycles. The molecule has 1 rings (SSSR count). The van der Waals surface area contributed by atoms with Gasteiger partial charge < -0.3 is 20.5 Å². The Bertz CT molecular complexity index is 343. The minimum atomic E-state index is -0.603. The summed E-state index contributed by atoms with van der Waals surface area (Å²) in [5.74, 6) is 0. The number of amides is 1. The predicted molar refractivity (Wildman–Crippen MR) is 69.2 cm³/mol. The lowest BCUT2D eigenvalue weighted by Gasteiger charge is -2.12. The Morgan fingerprint density at radius 1 is 1.33 bits per heavy atom. The quantitative estimate of drug-likeness (QED) is 0.674. The van der Waals surface area contributed by atoms with E-state index in [1.165, 1.54) is 0 Å². The van der Waals surface area contributed by atoms with Crippen LogP contribution < -0.4 is 10.6 Å². The molecular weight excluding hydrogens is 232 g/mol. The van der Waals surface area contributed by atoms with Gasteiger partial charge in [0, 0.05) is 13.1 Å². The first-order chi connectivity index (χ1) is 8.72. The maximum Gasteiger partial charge on any atom is 0.407 e. The Labute approximate surface area is 107 Å². The number of likely N-dealkylation sites (N-methyl/N-ethyl adjacent to an activating group) is 1. The third kappa shape index (κ3) is 6.22. The number of ether oxygens (including phenoxy) is 1. The molecule has 0 fully saturated rings. The summed E-state index contributed by atoms with van der Waals surface area (Å²) in [6.07, 6.45) is -1.12. The molecule has 3 N–H and O–H groups in total. The van der Waals surface area contributed by atoms with Crippen molar-refractivity contribution in [3.05, 3.63) is 35.9 Å². The van der Waals surface area contributed by atoms with Crippen LogP contribution in [-0.4, -0.2) is 36.9 Å². The normalized spacial score (nSPS) is 11.9. The second kappa shape index (κ2) is 8.49. The molecule has 100 valence electrons. The van der Waals surface area contributed by atoms with E-state index in [2.05, 4.69) is 10.6 Å². The fourth-order valence-corrected chi connectivity index (χ4v) is 1.36. The second-order valence-electron chi connectivity index (χ2n) is 3.90. The SMILES string of the molecule is CCNCC(O)CNC(=O)OCc1ccccc1. The number of alkyl carbamates (subject to hydrolysis) is 1. The van der Waals surface area contributed by atoms with Crippen LogP contribution >= 0.6 is 0 Å². The zero-order chi connectivity index (χ0) is 13.2. The topological polar surface area (TPSA) is 70.6 Å². The molecular formula is C13H20N2O3. The highest BCUT2D eigenvalue weighted by atomic mass is 16.5. The van der Waals surface area contributed by atoms with Crippen LogP contribution in [0.2, 0.25) is 0 Å². The number of carbonyl (C=O) groups excluding carboxylic acids is 1.